The molecule has 3 rings (SSSR count). The summed E-state index contributed by atoms with van der Waals surface area (Å²) in [5.41, 5.74) is -1.16. The van der Waals surface area contributed by atoms with Crippen LogP contribution in [-0.4, -0.2) is 84.1 Å². The molecule has 1 N–H and O–H groups in total. The van der Waals surface area contributed by atoms with Crippen LogP contribution in [0.2, 0.25) is 0 Å². The molecule has 2 fully saturated rings. The lowest BCUT2D eigenvalue weighted by atomic mass is 9.81. The summed E-state index contributed by atoms with van der Waals surface area (Å²) in [6.45, 7) is 15.6. The van der Waals surface area contributed by atoms with Gasteiger partial charge in [-0.1, -0.05) is 0 Å². The number of rotatable bonds is 7. The number of carbonyl (C=O) groups excluding carboxylic acids is 2. The third-order valence-electron chi connectivity index (χ3n) is 7.18. The van der Waals surface area contributed by atoms with Gasteiger partial charge in [0.2, 0.25) is 20.9 Å². The van der Waals surface area contributed by atoms with Crippen LogP contribution < -0.4 is 10.8 Å². The molecule has 1 aromatic rings. The molecule has 0 spiro atoms. The number of carbonyl (C=O) groups is 2. The van der Waals surface area contributed by atoms with Gasteiger partial charge in [0.25, 0.3) is 0 Å². The molecule has 0 unspecified atom stereocenters. The quantitative estimate of drug-likeness (QED) is 0.398. The van der Waals surface area contributed by atoms with Crippen molar-refractivity contribution >= 4 is 34.4 Å². The maximum Gasteiger partial charge on any atom is 0.498 e. The van der Waals surface area contributed by atoms with E-state index in [1.807, 2.05) is 27.7 Å². The average Bonchev–Trinajstić information content (AvgIpc) is 3.03. The van der Waals surface area contributed by atoms with Gasteiger partial charge in [0.05, 0.1) is 17.0 Å². The summed E-state index contributed by atoms with van der Waals surface area (Å²) in [6.07, 6.45) is 4.17. The highest BCUT2D eigenvalue weighted by atomic mass is 32.2. The zero-order valence-electron chi connectivity index (χ0n) is 23.7. The van der Waals surface area contributed by atoms with E-state index in [9.17, 15) is 18.0 Å². The number of alkyl carbamates (subject to hydrolysis) is 1. The van der Waals surface area contributed by atoms with Gasteiger partial charge < -0.3 is 24.3 Å². The Labute approximate surface area is 226 Å². The first kappa shape index (κ1) is 30.3. The number of hydrogen-bond donors (Lipinski definition) is 1. The Morgan fingerprint density at radius 3 is 2.32 bits per heavy atom. The summed E-state index contributed by atoms with van der Waals surface area (Å²) >= 11 is 0. The Bertz CT molecular complexity index is 1100. The minimum atomic E-state index is -3.71. The molecule has 0 radical (unpaired) electrons. The highest BCUT2D eigenvalue weighted by Gasteiger charge is 2.52. The number of hydrogen-bond acceptors (Lipinski definition) is 9. The van der Waals surface area contributed by atoms with Crippen LogP contribution in [0.15, 0.2) is 17.6 Å². The van der Waals surface area contributed by atoms with Crippen LogP contribution in [0.1, 0.15) is 74.7 Å². The molecule has 2 amide bonds. The van der Waals surface area contributed by atoms with Crippen LogP contribution in [-0.2, 0) is 28.7 Å². The highest BCUT2D eigenvalue weighted by Crippen LogP contribution is 2.36. The number of ether oxygens (including phenoxy) is 1. The normalized spacial score (nSPS) is 22.2. The van der Waals surface area contributed by atoms with Gasteiger partial charge in [-0.2, -0.15) is 0 Å². The molecule has 212 valence electrons. The third kappa shape index (κ3) is 7.44. The topological polar surface area (TPSA) is 137 Å². The van der Waals surface area contributed by atoms with E-state index in [1.165, 1.54) is 12.4 Å². The van der Waals surface area contributed by atoms with Gasteiger partial charge in [0.1, 0.15) is 11.6 Å². The van der Waals surface area contributed by atoms with Crippen molar-refractivity contribution < 1.29 is 32.1 Å². The van der Waals surface area contributed by atoms with E-state index in [0.29, 0.717) is 25.0 Å². The summed E-state index contributed by atoms with van der Waals surface area (Å²) < 4.78 is 43.1. The molecular weight excluding hydrogens is 511 g/mol. The molecule has 2 saturated heterocycles. The second-order valence-electron chi connectivity index (χ2n) is 12.2. The van der Waals surface area contributed by atoms with Gasteiger partial charge in [-0.3, -0.25) is 4.79 Å². The van der Waals surface area contributed by atoms with E-state index in [1.54, 1.807) is 32.6 Å². The van der Waals surface area contributed by atoms with Crippen molar-refractivity contribution in [1.29, 1.82) is 0 Å². The summed E-state index contributed by atoms with van der Waals surface area (Å²) in [4.78, 5) is 34.8. The molecule has 11 nitrogen and oxygen atoms in total. The lowest BCUT2D eigenvalue weighted by molar-refractivity contribution is -0.134. The molecule has 2 atom stereocenters. The van der Waals surface area contributed by atoms with Gasteiger partial charge in [-0.15, -0.1) is 0 Å². The van der Waals surface area contributed by atoms with E-state index in [4.69, 9.17) is 14.0 Å². The lowest BCUT2D eigenvalue weighted by Crippen LogP contribution is -2.50. The molecule has 0 bridgehead atoms. The molecular formula is C25H41BN4O7S. The number of nitrogens with zero attached hydrogens (tertiary/aromatic N) is 3. The van der Waals surface area contributed by atoms with Crippen molar-refractivity contribution in [2.45, 2.75) is 103 Å². The van der Waals surface area contributed by atoms with Crippen molar-refractivity contribution in [3.63, 3.8) is 0 Å². The monoisotopic (exact) mass is 552 g/mol. The maximum atomic E-state index is 12.9. The van der Waals surface area contributed by atoms with Crippen LogP contribution in [0.25, 0.3) is 0 Å². The van der Waals surface area contributed by atoms with E-state index in [-0.39, 0.29) is 22.7 Å². The fourth-order valence-corrected chi connectivity index (χ4v) is 5.57. The van der Waals surface area contributed by atoms with Crippen LogP contribution >= 0.6 is 0 Å². The molecule has 0 saturated carbocycles. The smallest absolute Gasteiger partial charge is 0.444 e. The van der Waals surface area contributed by atoms with E-state index in [0.717, 1.165) is 12.8 Å². The summed E-state index contributed by atoms with van der Waals surface area (Å²) in [5, 5.41) is 2.34. The highest BCUT2D eigenvalue weighted by molar-refractivity contribution is 7.91. The van der Waals surface area contributed by atoms with Gasteiger partial charge in [0.15, 0.2) is 0 Å². The largest absolute Gasteiger partial charge is 0.498 e. The maximum absolute atomic E-state index is 12.9. The zero-order chi connectivity index (χ0) is 28.5. The minimum Gasteiger partial charge on any atom is -0.444 e. The summed E-state index contributed by atoms with van der Waals surface area (Å²) in [5.74, 6) is -0.327. The number of sulfone groups is 1. The van der Waals surface area contributed by atoms with Crippen LogP contribution in [0.5, 0.6) is 0 Å². The van der Waals surface area contributed by atoms with Crippen LogP contribution in [0.3, 0.4) is 0 Å². The number of amides is 2. The first-order chi connectivity index (χ1) is 17.4. The minimum absolute atomic E-state index is 0.0141. The number of likely N-dealkylation sites (tertiary alicyclic amines) is 1. The number of nitrogens with one attached hydrogen (secondary N) is 1. The Kier molecular flexibility index (Phi) is 8.84. The standard InChI is InChI=1S/C25H41BN4O7S/c1-17(29-22(32)35-23(2,3)4)20(31)30-12-9-10-18(16-30)11-13-38(33,34)21-27-14-19(15-28-21)26-36-24(5,6)25(7,8)37-26/h14-15,17-18H,9-13,16H2,1-8H3,(H,29,32)/t17-,18-/m0/s1. The van der Waals surface area contributed by atoms with E-state index < -0.39 is 45.9 Å². The molecule has 0 aliphatic carbocycles. The second kappa shape index (κ2) is 11.1. The zero-order valence-corrected chi connectivity index (χ0v) is 24.6. The van der Waals surface area contributed by atoms with Gasteiger partial charge >= 0.3 is 13.2 Å². The van der Waals surface area contributed by atoms with Gasteiger partial charge in [0, 0.05) is 30.9 Å². The Morgan fingerprint density at radius 1 is 1.18 bits per heavy atom. The molecule has 2 aliphatic heterocycles. The summed E-state index contributed by atoms with van der Waals surface area (Å²) in [6, 6.07) is -0.747. The summed E-state index contributed by atoms with van der Waals surface area (Å²) in [7, 11) is -4.39. The van der Waals surface area contributed by atoms with Gasteiger partial charge in [-0.05, 0) is 80.6 Å². The van der Waals surface area contributed by atoms with Crippen molar-refractivity contribution in [1.82, 2.24) is 20.2 Å². The predicted molar refractivity (Wildman–Crippen MR) is 143 cm³/mol. The Morgan fingerprint density at radius 2 is 1.76 bits per heavy atom. The first-order valence-corrected chi connectivity index (χ1v) is 14.7. The lowest BCUT2D eigenvalue weighted by Gasteiger charge is -2.34. The Balaban J connectivity index is 1.54. The SMILES string of the molecule is C[C@H](NC(=O)OC(C)(C)C)C(=O)N1CCC[C@@H](CCS(=O)(=O)c2ncc(B3OC(C)(C)C(C)(C)O3)cn2)C1. The van der Waals surface area contributed by atoms with Crippen LogP contribution in [0.4, 0.5) is 4.79 Å². The van der Waals surface area contributed by atoms with E-state index >= 15 is 0 Å². The van der Waals surface area contributed by atoms with Crippen molar-refractivity contribution in [3.8, 4) is 0 Å². The number of piperidine rings is 1. The number of aromatic nitrogens is 2. The fraction of sp³-hybridized carbons (Fsp3) is 0.760. The van der Waals surface area contributed by atoms with E-state index in [2.05, 4.69) is 15.3 Å². The molecule has 13 heteroatoms. The molecule has 2 aliphatic rings. The van der Waals surface area contributed by atoms with Crippen molar-refractivity contribution in [3.05, 3.63) is 12.4 Å². The molecule has 0 aromatic carbocycles. The average molecular weight is 553 g/mol. The van der Waals surface area contributed by atoms with Crippen LogP contribution in [0, 0.1) is 5.92 Å². The second-order valence-corrected chi connectivity index (χ2v) is 14.2. The fourth-order valence-electron chi connectivity index (χ4n) is 4.32. The molecule has 3 heterocycles. The van der Waals surface area contributed by atoms with Gasteiger partial charge in [-0.25, -0.2) is 23.2 Å². The molecule has 38 heavy (non-hydrogen) atoms. The predicted octanol–water partition coefficient (Wildman–Crippen LogP) is 2.09. The third-order valence-corrected chi connectivity index (χ3v) is 8.72. The molecule has 1 aromatic heterocycles. The first-order valence-electron chi connectivity index (χ1n) is 13.1. The Hall–Kier alpha value is -2.25. The van der Waals surface area contributed by atoms with Crippen molar-refractivity contribution in [2.75, 3.05) is 18.8 Å². The van der Waals surface area contributed by atoms with Crippen molar-refractivity contribution in [2.24, 2.45) is 5.92 Å².